The van der Waals surface area contributed by atoms with E-state index in [1.807, 2.05) is 19.1 Å². The molecule has 2 atom stereocenters. The van der Waals surface area contributed by atoms with Crippen LogP contribution in [-0.4, -0.2) is 43.2 Å². The van der Waals surface area contributed by atoms with E-state index in [-0.39, 0.29) is 18.1 Å². The molecular formula is C18H25NO3. The van der Waals surface area contributed by atoms with E-state index in [0.717, 1.165) is 44.5 Å². The van der Waals surface area contributed by atoms with Crippen LogP contribution in [0.15, 0.2) is 24.3 Å². The number of rotatable bonds is 4. The van der Waals surface area contributed by atoms with Crippen LogP contribution in [0.4, 0.5) is 0 Å². The molecule has 2 saturated heterocycles. The van der Waals surface area contributed by atoms with E-state index in [4.69, 9.17) is 9.47 Å². The Bertz CT molecular complexity index is 523. The summed E-state index contributed by atoms with van der Waals surface area (Å²) in [5.74, 6) is 1.62. The first-order valence-corrected chi connectivity index (χ1v) is 8.24. The quantitative estimate of drug-likeness (QED) is 0.802. The van der Waals surface area contributed by atoms with Crippen LogP contribution < -0.4 is 4.74 Å². The molecule has 0 aromatic heterocycles. The maximum atomic E-state index is 11.9. The summed E-state index contributed by atoms with van der Waals surface area (Å²) in [7, 11) is 1.73. The number of carbonyl (C=O) groups excluding carboxylic acids is 1. The second-order valence-corrected chi connectivity index (χ2v) is 6.49. The minimum atomic E-state index is -0.0318. The Hall–Kier alpha value is -1.55. The lowest BCUT2D eigenvalue weighted by atomic mass is 9.89. The Morgan fingerprint density at radius 3 is 2.64 bits per heavy atom. The number of nitrogens with zero attached hydrogens (tertiary/aromatic N) is 1. The van der Waals surface area contributed by atoms with Crippen molar-refractivity contribution < 1.29 is 14.3 Å². The second kappa shape index (κ2) is 6.69. The van der Waals surface area contributed by atoms with Crippen molar-refractivity contribution in [1.29, 1.82) is 0 Å². The van der Waals surface area contributed by atoms with Gasteiger partial charge in [0, 0.05) is 6.42 Å². The zero-order chi connectivity index (χ0) is 15.5. The molecule has 3 rings (SSSR count). The summed E-state index contributed by atoms with van der Waals surface area (Å²) in [5, 5.41) is 0. The molecule has 4 nitrogen and oxygen atoms in total. The predicted octanol–water partition coefficient (Wildman–Crippen LogP) is 2.65. The number of hydrogen-bond acceptors (Lipinski definition) is 4. The van der Waals surface area contributed by atoms with Crippen LogP contribution in [0, 0.1) is 5.92 Å². The highest BCUT2D eigenvalue weighted by molar-refractivity contribution is 5.78. The van der Waals surface area contributed by atoms with Gasteiger partial charge < -0.3 is 9.47 Å². The van der Waals surface area contributed by atoms with Gasteiger partial charge in [-0.05, 0) is 56.8 Å². The van der Waals surface area contributed by atoms with Crippen molar-refractivity contribution in [2.24, 2.45) is 5.92 Å². The average molecular weight is 303 g/mol. The van der Waals surface area contributed by atoms with Gasteiger partial charge in [-0.3, -0.25) is 9.69 Å². The van der Waals surface area contributed by atoms with Crippen LogP contribution in [0.2, 0.25) is 0 Å². The topological polar surface area (TPSA) is 38.8 Å². The summed E-state index contributed by atoms with van der Waals surface area (Å²) >= 11 is 0. The molecule has 2 heterocycles. The van der Waals surface area contributed by atoms with Crippen molar-refractivity contribution in [3.05, 3.63) is 29.8 Å². The van der Waals surface area contributed by atoms with Crippen molar-refractivity contribution >= 4 is 5.97 Å². The molecule has 0 N–H and O–H groups in total. The summed E-state index contributed by atoms with van der Waals surface area (Å²) in [6.07, 6.45) is 4.25. The Morgan fingerprint density at radius 2 is 2.00 bits per heavy atom. The van der Waals surface area contributed by atoms with Gasteiger partial charge in [0.05, 0.1) is 7.11 Å². The number of likely N-dealkylation sites (tertiary alicyclic amines) is 1. The van der Waals surface area contributed by atoms with Gasteiger partial charge in [0.2, 0.25) is 0 Å². The fourth-order valence-electron chi connectivity index (χ4n) is 3.69. The van der Waals surface area contributed by atoms with E-state index in [1.54, 1.807) is 7.11 Å². The van der Waals surface area contributed by atoms with E-state index in [1.165, 1.54) is 5.56 Å². The van der Waals surface area contributed by atoms with Gasteiger partial charge in [-0.2, -0.15) is 0 Å². The number of esters is 1. The SMILES string of the molecule is COc1ccccc1CC1CCN([C@H]2C[C@@H](C)OC2=O)CC1. The van der Waals surface area contributed by atoms with Crippen LogP contribution in [0.5, 0.6) is 5.75 Å². The van der Waals surface area contributed by atoms with Crippen molar-refractivity contribution in [3.63, 3.8) is 0 Å². The van der Waals surface area contributed by atoms with E-state index >= 15 is 0 Å². The summed E-state index contributed by atoms with van der Waals surface area (Å²) in [5.41, 5.74) is 1.29. The monoisotopic (exact) mass is 303 g/mol. The Balaban J connectivity index is 1.55. The maximum absolute atomic E-state index is 11.9. The van der Waals surface area contributed by atoms with Gasteiger partial charge in [0.15, 0.2) is 0 Å². The lowest BCUT2D eigenvalue weighted by molar-refractivity contribution is -0.145. The molecule has 0 saturated carbocycles. The smallest absolute Gasteiger partial charge is 0.323 e. The van der Waals surface area contributed by atoms with E-state index in [2.05, 4.69) is 17.0 Å². The lowest BCUT2D eigenvalue weighted by Crippen LogP contribution is -2.44. The molecule has 2 fully saturated rings. The van der Waals surface area contributed by atoms with Crippen molar-refractivity contribution in [1.82, 2.24) is 4.90 Å². The molecule has 0 radical (unpaired) electrons. The predicted molar refractivity (Wildman–Crippen MR) is 85.0 cm³/mol. The van der Waals surface area contributed by atoms with Crippen LogP contribution in [-0.2, 0) is 16.0 Å². The van der Waals surface area contributed by atoms with Gasteiger partial charge in [-0.25, -0.2) is 0 Å². The number of para-hydroxylation sites is 1. The largest absolute Gasteiger partial charge is 0.496 e. The van der Waals surface area contributed by atoms with Gasteiger partial charge in [0.1, 0.15) is 17.9 Å². The minimum Gasteiger partial charge on any atom is -0.496 e. The average Bonchev–Trinajstić information content (AvgIpc) is 2.87. The summed E-state index contributed by atoms with van der Waals surface area (Å²) in [6.45, 7) is 3.96. The molecule has 0 amide bonds. The van der Waals surface area contributed by atoms with Crippen LogP contribution in [0.1, 0.15) is 31.7 Å². The highest BCUT2D eigenvalue weighted by Gasteiger charge is 2.37. The molecule has 2 aliphatic rings. The molecule has 0 unspecified atom stereocenters. The first kappa shape index (κ1) is 15.3. The van der Waals surface area contributed by atoms with Gasteiger partial charge >= 0.3 is 5.97 Å². The Labute approximate surface area is 132 Å². The molecule has 4 heteroatoms. The molecule has 1 aromatic carbocycles. The number of hydrogen-bond donors (Lipinski definition) is 0. The van der Waals surface area contributed by atoms with Crippen LogP contribution in [0.25, 0.3) is 0 Å². The number of piperidine rings is 1. The number of cyclic esters (lactones) is 1. The third-order valence-corrected chi connectivity index (χ3v) is 4.94. The number of ether oxygens (including phenoxy) is 2. The molecule has 1 aromatic rings. The number of methoxy groups -OCH3 is 1. The fourth-order valence-corrected chi connectivity index (χ4v) is 3.69. The normalized spacial score (nSPS) is 26.9. The first-order valence-electron chi connectivity index (χ1n) is 8.24. The van der Waals surface area contributed by atoms with E-state index in [9.17, 15) is 4.79 Å². The highest BCUT2D eigenvalue weighted by atomic mass is 16.6. The van der Waals surface area contributed by atoms with E-state index < -0.39 is 0 Å². The molecule has 2 aliphatic heterocycles. The minimum absolute atomic E-state index is 0.0118. The van der Waals surface area contributed by atoms with Crippen molar-refractivity contribution in [3.8, 4) is 5.75 Å². The van der Waals surface area contributed by atoms with Crippen molar-refractivity contribution in [2.45, 2.75) is 44.8 Å². The molecule has 120 valence electrons. The molecule has 22 heavy (non-hydrogen) atoms. The number of benzene rings is 1. The molecular weight excluding hydrogens is 278 g/mol. The first-order chi connectivity index (χ1) is 10.7. The molecule has 0 bridgehead atoms. The summed E-state index contributed by atoms with van der Waals surface area (Å²) in [6, 6.07) is 8.25. The summed E-state index contributed by atoms with van der Waals surface area (Å²) in [4.78, 5) is 14.2. The second-order valence-electron chi connectivity index (χ2n) is 6.49. The van der Waals surface area contributed by atoms with Gasteiger partial charge in [0.25, 0.3) is 0 Å². The lowest BCUT2D eigenvalue weighted by Gasteiger charge is -2.34. The zero-order valence-electron chi connectivity index (χ0n) is 13.5. The van der Waals surface area contributed by atoms with Gasteiger partial charge in [-0.15, -0.1) is 0 Å². The van der Waals surface area contributed by atoms with Gasteiger partial charge in [-0.1, -0.05) is 18.2 Å². The van der Waals surface area contributed by atoms with Crippen LogP contribution >= 0.6 is 0 Å². The Morgan fingerprint density at radius 1 is 1.27 bits per heavy atom. The zero-order valence-corrected chi connectivity index (χ0v) is 13.5. The number of carbonyl (C=O) groups is 1. The Kier molecular flexibility index (Phi) is 4.67. The molecule has 0 spiro atoms. The fraction of sp³-hybridized carbons (Fsp3) is 0.611. The van der Waals surface area contributed by atoms with Crippen molar-refractivity contribution in [2.75, 3.05) is 20.2 Å². The highest BCUT2D eigenvalue weighted by Crippen LogP contribution is 2.29. The molecule has 0 aliphatic carbocycles. The summed E-state index contributed by atoms with van der Waals surface area (Å²) < 4.78 is 10.7. The third-order valence-electron chi connectivity index (χ3n) is 4.94. The maximum Gasteiger partial charge on any atom is 0.323 e. The standard InChI is InChI=1S/C18H25NO3/c1-13-11-16(18(20)22-13)19-9-7-14(8-10-19)12-15-5-3-4-6-17(15)21-2/h3-6,13-14,16H,7-12H2,1-2H3/t13-,16+/m1/s1. The van der Waals surface area contributed by atoms with Crippen LogP contribution in [0.3, 0.4) is 0 Å². The third kappa shape index (κ3) is 3.27. The van der Waals surface area contributed by atoms with E-state index in [0.29, 0.717) is 5.92 Å².